The molecule has 2 heterocycles. The van der Waals surface area contributed by atoms with E-state index >= 15 is 0 Å². The summed E-state index contributed by atoms with van der Waals surface area (Å²) in [7, 11) is 0. The first-order chi connectivity index (χ1) is 9.63. The van der Waals surface area contributed by atoms with Gasteiger partial charge in [0.1, 0.15) is 5.82 Å². The number of rotatable bonds is 2. The molecule has 3 aromatic rings. The number of imidazole rings is 1. The molecule has 1 aromatic carbocycles. The lowest BCUT2D eigenvalue weighted by molar-refractivity contribution is 0.102. The lowest BCUT2D eigenvalue weighted by Gasteiger charge is -2.03. The molecule has 3 rings (SSSR count). The standard InChI is InChI=1S/C13H10ClN5O/c14-8-5-7(6-16-11(8)15)12(20)19-13-17-9-3-1-2-4-10(9)18-13/h1-6H,(H2,15,16)(H2,17,18,19,20). The summed E-state index contributed by atoms with van der Waals surface area (Å²) in [6, 6.07) is 8.94. The quantitative estimate of drug-likeness (QED) is 0.674. The van der Waals surface area contributed by atoms with Crippen LogP contribution in [0.3, 0.4) is 0 Å². The van der Waals surface area contributed by atoms with E-state index in [0.717, 1.165) is 11.0 Å². The third-order valence-corrected chi connectivity index (χ3v) is 3.06. The SMILES string of the molecule is Nc1ncc(C(=O)Nc2nc3ccccc3[nH]2)cc1Cl. The van der Waals surface area contributed by atoms with Crippen LogP contribution in [0.1, 0.15) is 10.4 Å². The minimum Gasteiger partial charge on any atom is -0.382 e. The number of halogens is 1. The third-order valence-electron chi connectivity index (χ3n) is 2.75. The number of para-hydroxylation sites is 2. The van der Waals surface area contributed by atoms with E-state index in [1.807, 2.05) is 24.3 Å². The van der Waals surface area contributed by atoms with Gasteiger partial charge in [0.25, 0.3) is 5.91 Å². The zero-order chi connectivity index (χ0) is 14.1. The molecule has 0 radical (unpaired) electrons. The Kier molecular flexibility index (Phi) is 3.00. The van der Waals surface area contributed by atoms with Gasteiger partial charge in [0.05, 0.1) is 21.6 Å². The van der Waals surface area contributed by atoms with E-state index in [2.05, 4.69) is 20.3 Å². The molecule has 0 fully saturated rings. The van der Waals surface area contributed by atoms with Crippen LogP contribution in [0, 0.1) is 0 Å². The molecule has 0 saturated heterocycles. The van der Waals surface area contributed by atoms with E-state index in [-0.39, 0.29) is 16.7 Å². The molecule has 0 bridgehead atoms. The topological polar surface area (TPSA) is 96.7 Å². The summed E-state index contributed by atoms with van der Waals surface area (Å²) in [6.45, 7) is 0. The summed E-state index contributed by atoms with van der Waals surface area (Å²) in [5.74, 6) is 0.189. The summed E-state index contributed by atoms with van der Waals surface area (Å²) in [5.41, 5.74) is 7.43. The predicted molar refractivity (Wildman–Crippen MR) is 77.7 cm³/mol. The molecule has 0 aliphatic rings. The van der Waals surface area contributed by atoms with Crippen molar-refractivity contribution in [1.82, 2.24) is 15.0 Å². The zero-order valence-corrected chi connectivity index (χ0v) is 11.0. The van der Waals surface area contributed by atoms with Crippen molar-refractivity contribution >= 4 is 40.3 Å². The van der Waals surface area contributed by atoms with Gasteiger partial charge >= 0.3 is 0 Å². The van der Waals surface area contributed by atoms with Crippen molar-refractivity contribution in [2.24, 2.45) is 0 Å². The number of amides is 1. The second-order valence-corrected chi connectivity index (χ2v) is 4.55. The number of benzene rings is 1. The molecule has 0 atom stereocenters. The summed E-state index contributed by atoms with van der Waals surface area (Å²) in [6.07, 6.45) is 1.36. The Bertz CT molecular complexity index is 765. The number of pyridine rings is 1. The molecule has 0 unspecified atom stereocenters. The highest BCUT2D eigenvalue weighted by atomic mass is 35.5. The van der Waals surface area contributed by atoms with Crippen LogP contribution in [0.25, 0.3) is 11.0 Å². The predicted octanol–water partition coefficient (Wildman–Crippen LogP) is 2.45. The van der Waals surface area contributed by atoms with Crippen molar-refractivity contribution in [2.45, 2.75) is 0 Å². The molecular weight excluding hydrogens is 278 g/mol. The summed E-state index contributed by atoms with van der Waals surface area (Å²) in [4.78, 5) is 23.1. The van der Waals surface area contributed by atoms with E-state index < -0.39 is 0 Å². The Balaban J connectivity index is 1.86. The van der Waals surface area contributed by atoms with E-state index in [1.165, 1.54) is 12.3 Å². The average molecular weight is 288 g/mol. The van der Waals surface area contributed by atoms with Gasteiger partial charge < -0.3 is 10.7 Å². The number of nitrogen functional groups attached to an aromatic ring is 1. The molecule has 1 amide bonds. The van der Waals surface area contributed by atoms with Crippen LogP contribution in [-0.4, -0.2) is 20.9 Å². The normalized spacial score (nSPS) is 10.7. The van der Waals surface area contributed by atoms with Crippen LogP contribution in [0.15, 0.2) is 36.5 Å². The van der Waals surface area contributed by atoms with Gasteiger partial charge in [-0.25, -0.2) is 9.97 Å². The van der Waals surface area contributed by atoms with Crippen molar-refractivity contribution in [3.8, 4) is 0 Å². The van der Waals surface area contributed by atoms with Gasteiger partial charge in [-0.2, -0.15) is 0 Å². The van der Waals surface area contributed by atoms with Gasteiger partial charge in [-0.3, -0.25) is 10.1 Å². The molecule has 0 aliphatic carbocycles. The third kappa shape index (κ3) is 2.28. The minimum absolute atomic E-state index is 0.187. The number of nitrogens with two attached hydrogens (primary N) is 1. The molecule has 100 valence electrons. The van der Waals surface area contributed by atoms with Gasteiger partial charge in [0.2, 0.25) is 5.95 Å². The number of H-pyrrole nitrogens is 1. The number of fused-ring (bicyclic) bond motifs is 1. The molecule has 0 aliphatic heterocycles. The first-order valence-electron chi connectivity index (χ1n) is 5.80. The lowest BCUT2D eigenvalue weighted by Crippen LogP contribution is -2.13. The van der Waals surface area contributed by atoms with E-state index in [4.69, 9.17) is 17.3 Å². The number of anilines is 2. The van der Waals surface area contributed by atoms with Crippen molar-refractivity contribution < 1.29 is 4.79 Å². The Morgan fingerprint density at radius 1 is 1.35 bits per heavy atom. The number of aromatic nitrogens is 3. The summed E-state index contributed by atoms with van der Waals surface area (Å²) >= 11 is 5.83. The molecule has 2 aromatic heterocycles. The second kappa shape index (κ2) is 4.82. The van der Waals surface area contributed by atoms with Crippen LogP contribution in [0.2, 0.25) is 5.02 Å². The number of nitrogens with zero attached hydrogens (tertiary/aromatic N) is 2. The van der Waals surface area contributed by atoms with Gasteiger partial charge in [0.15, 0.2) is 0 Å². The van der Waals surface area contributed by atoms with Crippen molar-refractivity contribution in [3.05, 3.63) is 47.1 Å². The minimum atomic E-state index is -0.363. The Morgan fingerprint density at radius 2 is 2.15 bits per heavy atom. The molecule has 4 N–H and O–H groups in total. The fourth-order valence-corrected chi connectivity index (χ4v) is 1.93. The summed E-state index contributed by atoms with van der Waals surface area (Å²) < 4.78 is 0. The summed E-state index contributed by atoms with van der Waals surface area (Å²) in [5, 5.41) is 2.89. The first kappa shape index (κ1) is 12.4. The van der Waals surface area contributed by atoms with Crippen molar-refractivity contribution in [1.29, 1.82) is 0 Å². The molecule has 0 spiro atoms. The lowest BCUT2D eigenvalue weighted by atomic mass is 10.2. The Hall–Kier alpha value is -2.60. The number of aromatic amines is 1. The maximum atomic E-state index is 12.0. The van der Waals surface area contributed by atoms with Gasteiger partial charge in [-0.05, 0) is 18.2 Å². The average Bonchev–Trinajstić information content (AvgIpc) is 2.83. The van der Waals surface area contributed by atoms with Gasteiger partial charge in [-0.15, -0.1) is 0 Å². The number of carbonyl (C=O) groups excluding carboxylic acids is 1. The van der Waals surface area contributed by atoms with Crippen LogP contribution in [-0.2, 0) is 0 Å². The van der Waals surface area contributed by atoms with Crippen molar-refractivity contribution in [2.75, 3.05) is 11.1 Å². The highest BCUT2D eigenvalue weighted by Crippen LogP contribution is 2.18. The van der Waals surface area contributed by atoms with Crippen LogP contribution < -0.4 is 11.1 Å². The smallest absolute Gasteiger partial charge is 0.259 e. The first-order valence-corrected chi connectivity index (χ1v) is 6.18. The molecule has 6 nitrogen and oxygen atoms in total. The molecular formula is C13H10ClN5O. The van der Waals surface area contributed by atoms with Gasteiger partial charge in [-0.1, -0.05) is 23.7 Å². The van der Waals surface area contributed by atoms with E-state index in [0.29, 0.717) is 11.5 Å². The largest absolute Gasteiger partial charge is 0.382 e. The Morgan fingerprint density at radius 3 is 2.90 bits per heavy atom. The van der Waals surface area contributed by atoms with Crippen molar-refractivity contribution in [3.63, 3.8) is 0 Å². The highest BCUT2D eigenvalue weighted by molar-refractivity contribution is 6.33. The van der Waals surface area contributed by atoms with E-state index in [9.17, 15) is 4.79 Å². The zero-order valence-electron chi connectivity index (χ0n) is 10.2. The highest BCUT2D eigenvalue weighted by Gasteiger charge is 2.11. The van der Waals surface area contributed by atoms with E-state index in [1.54, 1.807) is 0 Å². The number of hydrogen-bond donors (Lipinski definition) is 3. The molecule has 20 heavy (non-hydrogen) atoms. The molecule has 0 saturated carbocycles. The monoisotopic (exact) mass is 287 g/mol. The maximum Gasteiger partial charge on any atom is 0.259 e. The maximum absolute atomic E-state index is 12.0. The number of nitrogens with one attached hydrogen (secondary N) is 2. The second-order valence-electron chi connectivity index (χ2n) is 4.15. The number of hydrogen-bond acceptors (Lipinski definition) is 4. The number of carbonyl (C=O) groups is 1. The van der Waals surface area contributed by atoms with Crippen LogP contribution in [0.4, 0.5) is 11.8 Å². The van der Waals surface area contributed by atoms with Gasteiger partial charge in [0, 0.05) is 6.20 Å². The molecule has 7 heteroatoms. The fraction of sp³-hybridized carbons (Fsp3) is 0. The Labute approximate surface area is 119 Å². The van der Waals surface area contributed by atoms with Crippen LogP contribution >= 0.6 is 11.6 Å². The van der Waals surface area contributed by atoms with Crippen LogP contribution in [0.5, 0.6) is 0 Å². The fourth-order valence-electron chi connectivity index (χ4n) is 1.76.